The number of nitrogens with one attached hydrogen (secondary N) is 1. The molecule has 2 rings (SSSR count). The molecule has 1 aliphatic heterocycles. The van der Waals surface area contributed by atoms with Crippen LogP contribution in [-0.4, -0.2) is 55.2 Å². The molecule has 6 nitrogen and oxygen atoms in total. The van der Waals surface area contributed by atoms with Gasteiger partial charge in [-0.1, -0.05) is 6.07 Å². The van der Waals surface area contributed by atoms with Gasteiger partial charge < -0.3 is 15.8 Å². The van der Waals surface area contributed by atoms with Gasteiger partial charge in [-0.3, -0.25) is 9.88 Å². The van der Waals surface area contributed by atoms with E-state index in [1.54, 1.807) is 0 Å². The summed E-state index contributed by atoms with van der Waals surface area (Å²) in [6.45, 7) is 8.16. The van der Waals surface area contributed by atoms with E-state index in [-0.39, 0.29) is 0 Å². The van der Waals surface area contributed by atoms with Gasteiger partial charge in [-0.05, 0) is 32.0 Å². The second-order valence-electron chi connectivity index (χ2n) is 5.21. The Hall–Kier alpha value is -1.66. The fourth-order valence-electron chi connectivity index (χ4n) is 2.25. The van der Waals surface area contributed by atoms with Crippen LogP contribution in [0, 0.1) is 6.92 Å². The topological polar surface area (TPSA) is 75.8 Å². The van der Waals surface area contributed by atoms with Gasteiger partial charge >= 0.3 is 0 Å². The van der Waals surface area contributed by atoms with Gasteiger partial charge in [-0.15, -0.1) is 0 Å². The minimum absolute atomic E-state index is 0.486. The summed E-state index contributed by atoms with van der Waals surface area (Å²) in [4.78, 5) is 11.1. The number of guanidine groups is 1. The molecule has 0 atom stereocenters. The maximum Gasteiger partial charge on any atom is 0.188 e. The van der Waals surface area contributed by atoms with Crippen LogP contribution < -0.4 is 11.1 Å². The molecule has 0 spiro atoms. The highest BCUT2D eigenvalue weighted by atomic mass is 16.5. The van der Waals surface area contributed by atoms with E-state index in [0.29, 0.717) is 12.5 Å². The highest BCUT2D eigenvalue weighted by molar-refractivity contribution is 5.77. The quantitative estimate of drug-likeness (QED) is 0.454. The smallest absolute Gasteiger partial charge is 0.188 e. The van der Waals surface area contributed by atoms with E-state index in [1.807, 2.05) is 25.1 Å². The third-order valence-corrected chi connectivity index (χ3v) is 3.42. The van der Waals surface area contributed by atoms with Crippen molar-refractivity contribution < 1.29 is 4.74 Å². The summed E-state index contributed by atoms with van der Waals surface area (Å²) >= 11 is 0. The number of hydrogen-bond donors (Lipinski definition) is 2. The first-order valence-electron chi connectivity index (χ1n) is 7.50. The van der Waals surface area contributed by atoms with Crippen LogP contribution in [0.15, 0.2) is 23.2 Å². The van der Waals surface area contributed by atoms with E-state index in [9.17, 15) is 0 Å². The predicted molar refractivity (Wildman–Crippen MR) is 84.2 cm³/mol. The first-order valence-corrected chi connectivity index (χ1v) is 7.50. The molecule has 0 radical (unpaired) electrons. The first-order chi connectivity index (χ1) is 10.2. The number of aryl methyl sites for hydroxylation is 1. The lowest BCUT2D eigenvalue weighted by Gasteiger charge is -2.26. The Morgan fingerprint density at radius 2 is 2.24 bits per heavy atom. The van der Waals surface area contributed by atoms with E-state index < -0.39 is 0 Å². The Bertz CT molecular complexity index is 457. The highest BCUT2D eigenvalue weighted by Crippen LogP contribution is 1.99. The molecule has 0 saturated carbocycles. The van der Waals surface area contributed by atoms with Gasteiger partial charge in [-0.25, -0.2) is 4.99 Å². The Balaban J connectivity index is 1.62. The molecule has 1 aromatic heterocycles. The van der Waals surface area contributed by atoms with Crippen molar-refractivity contribution in [1.82, 2.24) is 15.2 Å². The van der Waals surface area contributed by atoms with Crippen LogP contribution in [0.1, 0.15) is 17.8 Å². The average Bonchev–Trinajstić information content (AvgIpc) is 2.51. The lowest BCUT2D eigenvalue weighted by atomic mass is 10.3. The van der Waals surface area contributed by atoms with E-state index >= 15 is 0 Å². The highest BCUT2D eigenvalue weighted by Gasteiger charge is 2.08. The third-order valence-electron chi connectivity index (χ3n) is 3.42. The molecule has 1 aromatic rings. The van der Waals surface area contributed by atoms with Crippen LogP contribution in [-0.2, 0) is 11.3 Å². The van der Waals surface area contributed by atoms with Crippen LogP contribution in [0.4, 0.5) is 0 Å². The molecular weight excluding hydrogens is 266 g/mol. The molecule has 1 fully saturated rings. The van der Waals surface area contributed by atoms with Crippen LogP contribution >= 0.6 is 0 Å². The van der Waals surface area contributed by atoms with E-state index in [0.717, 1.165) is 57.2 Å². The Kier molecular flexibility index (Phi) is 6.43. The number of nitrogens with zero attached hydrogens (tertiary/aromatic N) is 3. The summed E-state index contributed by atoms with van der Waals surface area (Å²) in [5, 5.41) is 3.15. The SMILES string of the molecule is Cc1cccc(CN=C(N)NCCCN2CCOCC2)n1. The van der Waals surface area contributed by atoms with Crippen LogP contribution in [0.25, 0.3) is 0 Å². The van der Waals surface area contributed by atoms with Gasteiger partial charge in [0.2, 0.25) is 0 Å². The van der Waals surface area contributed by atoms with Crippen molar-refractivity contribution in [1.29, 1.82) is 0 Å². The van der Waals surface area contributed by atoms with Gasteiger partial charge in [0.1, 0.15) is 0 Å². The van der Waals surface area contributed by atoms with Crippen molar-refractivity contribution in [2.45, 2.75) is 19.9 Å². The second kappa shape index (κ2) is 8.59. The average molecular weight is 291 g/mol. The largest absolute Gasteiger partial charge is 0.379 e. The van der Waals surface area contributed by atoms with Crippen molar-refractivity contribution in [3.05, 3.63) is 29.6 Å². The van der Waals surface area contributed by atoms with Gasteiger partial charge in [0, 0.05) is 25.3 Å². The summed E-state index contributed by atoms with van der Waals surface area (Å²) in [7, 11) is 0. The maximum absolute atomic E-state index is 5.86. The van der Waals surface area contributed by atoms with E-state index in [4.69, 9.17) is 10.5 Å². The first kappa shape index (κ1) is 15.7. The lowest BCUT2D eigenvalue weighted by Crippen LogP contribution is -2.39. The number of aliphatic imine (C=N–C) groups is 1. The predicted octanol–water partition coefficient (Wildman–Crippen LogP) is 0.517. The molecule has 1 saturated heterocycles. The molecule has 0 bridgehead atoms. The number of aromatic nitrogens is 1. The zero-order valence-corrected chi connectivity index (χ0v) is 12.7. The van der Waals surface area contributed by atoms with Crippen molar-refractivity contribution in [2.24, 2.45) is 10.7 Å². The van der Waals surface area contributed by atoms with Crippen LogP contribution in [0.2, 0.25) is 0 Å². The Labute approximate surface area is 126 Å². The minimum atomic E-state index is 0.486. The zero-order chi connectivity index (χ0) is 14.9. The molecule has 6 heteroatoms. The molecule has 0 aliphatic carbocycles. The second-order valence-corrected chi connectivity index (χ2v) is 5.21. The van der Waals surface area contributed by atoms with Crippen LogP contribution in [0.3, 0.4) is 0 Å². The third kappa shape index (κ3) is 6.10. The number of hydrogen-bond acceptors (Lipinski definition) is 4. The molecular formula is C15H25N5O. The molecule has 21 heavy (non-hydrogen) atoms. The standard InChI is InChI=1S/C15H25N5O/c1-13-4-2-5-14(19-13)12-18-15(16)17-6-3-7-20-8-10-21-11-9-20/h2,4-5H,3,6-12H2,1H3,(H3,16,17,18). The Morgan fingerprint density at radius 3 is 3.00 bits per heavy atom. The molecule has 116 valence electrons. The normalized spacial score (nSPS) is 16.9. The van der Waals surface area contributed by atoms with Gasteiger partial charge in [0.15, 0.2) is 5.96 Å². The summed E-state index contributed by atoms with van der Waals surface area (Å²) in [6, 6.07) is 5.92. The van der Waals surface area contributed by atoms with Gasteiger partial charge in [-0.2, -0.15) is 0 Å². The monoisotopic (exact) mass is 291 g/mol. The number of ether oxygens (including phenoxy) is 1. The summed E-state index contributed by atoms with van der Waals surface area (Å²) < 4.78 is 5.32. The molecule has 2 heterocycles. The summed E-state index contributed by atoms with van der Waals surface area (Å²) in [6.07, 6.45) is 1.05. The number of rotatable bonds is 6. The fourth-order valence-corrected chi connectivity index (χ4v) is 2.25. The Morgan fingerprint density at radius 1 is 1.43 bits per heavy atom. The molecule has 3 N–H and O–H groups in total. The van der Waals surface area contributed by atoms with Gasteiger partial charge in [0.25, 0.3) is 0 Å². The molecule has 1 aliphatic rings. The van der Waals surface area contributed by atoms with Crippen molar-refractivity contribution in [2.75, 3.05) is 39.4 Å². The number of nitrogens with two attached hydrogens (primary N) is 1. The molecule has 0 unspecified atom stereocenters. The number of pyridine rings is 1. The van der Waals surface area contributed by atoms with Crippen LogP contribution in [0.5, 0.6) is 0 Å². The zero-order valence-electron chi connectivity index (χ0n) is 12.7. The van der Waals surface area contributed by atoms with Crippen molar-refractivity contribution in [3.8, 4) is 0 Å². The van der Waals surface area contributed by atoms with E-state index in [2.05, 4.69) is 20.2 Å². The van der Waals surface area contributed by atoms with Crippen molar-refractivity contribution >= 4 is 5.96 Å². The van der Waals surface area contributed by atoms with Gasteiger partial charge in [0.05, 0.1) is 25.5 Å². The number of morpholine rings is 1. The molecule has 0 amide bonds. The summed E-state index contributed by atoms with van der Waals surface area (Å²) in [5.74, 6) is 0.486. The lowest BCUT2D eigenvalue weighted by molar-refractivity contribution is 0.0376. The van der Waals surface area contributed by atoms with E-state index in [1.165, 1.54) is 0 Å². The maximum atomic E-state index is 5.86. The minimum Gasteiger partial charge on any atom is -0.379 e. The summed E-state index contributed by atoms with van der Waals surface area (Å²) in [5.41, 5.74) is 7.79. The molecule has 0 aromatic carbocycles. The van der Waals surface area contributed by atoms with Crippen molar-refractivity contribution in [3.63, 3.8) is 0 Å². The fraction of sp³-hybridized carbons (Fsp3) is 0.600.